The number of fused-ring (bicyclic) bond motifs is 6. The summed E-state index contributed by atoms with van der Waals surface area (Å²) in [5, 5.41) is 0.985. The second kappa shape index (κ2) is 8.81. The van der Waals surface area contributed by atoms with Gasteiger partial charge in [0.25, 0.3) is 0 Å². The normalized spacial score (nSPS) is 17.8. The Morgan fingerprint density at radius 2 is 1.62 bits per heavy atom. The summed E-state index contributed by atoms with van der Waals surface area (Å²) in [6.45, 7) is 2.66. The molecule has 3 nitrogen and oxygen atoms in total. The first kappa shape index (κ1) is 21.2. The van der Waals surface area contributed by atoms with Gasteiger partial charge in [0.1, 0.15) is 0 Å². The Morgan fingerprint density at radius 1 is 0.853 bits per heavy atom. The first-order chi connectivity index (χ1) is 16.7. The Labute approximate surface area is 206 Å². The van der Waals surface area contributed by atoms with E-state index in [1.165, 1.54) is 15.6 Å². The molecule has 0 bridgehead atoms. The summed E-state index contributed by atoms with van der Waals surface area (Å²) in [5.41, 5.74) is 4.94. The molecule has 0 amide bonds. The molecule has 0 saturated carbocycles. The molecular formula is C30H24O3Se. The SMILES string of the molecule is Cc1ccc2c(c1)Oc1cc(O/C=C/C[Se]c3ccccc3)ccc1[C@@]21OCc2ccccc21. The van der Waals surface area contributed by atoms with Gasteiger partial charge in [-0.1, -0.05) is 6.07 Å². The van der Waals surface area contributed by atoms with E-state index in [0.29, 0.717) is 21.6 Å². The average molecular weight is 511 g/mol. The molecule has 1 atom stereocenters. The Kier molecular flexibility index (Phi) is 5.50. The molecular weight excluding hydrogens is 487 g/mol. The van der Waals surface area contributed by atoms with Crippen LogP contribution in [-0.4, -0.2) is 15.0 Å². The van der Waals surface area contributed by atoms with Crippen molar-refractivity contribution >= 4 is 19.4 Å². The van der Waals surface area contributed by atoms with E-state index < -0.39 is 5.60 Å². The first-order valence-corrected chi connectivity index (χ1v) is 13.5. The van der Waals surface area contributed by atoms with Crippen LogP contribution in [0.3, 0.4) is 0 Å². The predicted molar refractivity (Wildman–Crippen MR) is 135 cm³/mol. The van der Waals surface area contributed by atoms with E-state index in [2.05, 4.69) is 91.9 Å². The predicted octanol–water partition coefficient (Wildman–Crippen LogP) is 6.26. The molecule has 0 radical (unpaired) electrons. The molecule has 4 aromatic carbocycles. The van der Waals surface area contributed by atoms with E-state index in [0.717, 1.165) is 39.3 Å². The zero-order valence-electron chi connectivity index (χ0n) is 18.9. The molecule has 0 aromatic heterocycles. The molecule has 168 valence electrons. The molecule has 0 unspecified atom stereocenters. The summed E-state index contributed by atoms with van der Waals surface area (Å²) in [6.07, 6.45) is 3.87. The summed E-state index contributed by atoms with van der Waals surface area (Å²) < 4.78 is 20.3. The third-order valence-electron chi connectivity index (χ3n) is 6.30. The van der Waals surface area contributed by atoms with Crippen LogP contribution in [-0.2, 0) is 16.9 Å². The number of aryl methyl sites for hydroxylation is 1. The fourth-order valence-electron chi connectivity index (χ4n) is 4.75. The van der Waals surface area contributed by atoms with E-state index in [1.54, 1.807) is 6.26 Å². The van der Waals surface area contributed by atoms with Gasteiger partial charge in [0.2, 0.25) is 0 Å². The van der Waals surface area contributed by atoms with Crippen molar-refractivity contribution in [3.8, 4) is 17.2 Å². The summed E-state index contributed by atoms with van der Waals surface area (Å²) in [4.78, 5) is 0. The second-order valence-electron chi connectivity index (χ2n) is 8.50. The summed E-state index contributed by atoms with van der Waals surface area (Å²) in [5.74, 6) is 2.36. The van der Waals surface area contributed by atoms with Crippen LogP contribution in [0.2, 0.25) is 5.32 Å². The molecule has 0 fully saturated rings. The van der Waals surface area contributed by atoms with Gasteiger partial charge < -0.3 is 0 Å². The molecule has 34 heavy (non-hydrogen) atoms. The minimum absolute atomic E-state index is 0.404. The number of hydrogen-bond acceptors (Lipinski definition) is 3. The Bertz CT molecular complexity index is 1380. The summed E-state index contributed by atoms with van der Waals surface area (Å²) in [7, 11) is 0. The zero-order chi connectivity index (χ0) is 23.0. The molecule has 2 aliphatic heterocycles. The Hall–Kier alpha value is -3.30. The monoisotopic (exact) mass is 512 g/mol. The van der Waals surface area contributed by atoms with Gasteiger partial charge in [-0.25, -0.2) is 0 Å². The molecule has 0 saturated heterocycles. The van der Waals surface area contributed by atoms with Crippen molar-refractivity contribution in [2.24, 2.45) is 0 Å². The van der Waals surface area contributed by atoms with Crippen LogP contribution in [0, 0.1) is 6.92 Å². The molecule has 0 aliphatic carbocycles. The van der Waals surface area contributed by atoms with Crippen LogP contribution in [0.15, 0.2) is 103 Å². The minimum atomic E-state index is -0.667. The molecule has 2 heterocycles. The summed E-state index contributed by atoms with van der Waals surface area (Å²) >= 11 is 0.404. The van der Waals surface area contributed by atoms with Crippen molar-refractivity contribution in [3.05, 3.63) is 131 Å². The second-order valence-corrected chi connectivity index (χ2v) is 10.8. The Morgan fingerprint density at radius 3 is 2.50 bits per heavy atom. The molecule has 4 heteroatoms. The van der Waals surface area contributed by atoms with E-state index in [-0.39, 0.29) is 0 Å². The number of benzene rings is 4. The van der Waals surface area contributed by atoms with Crippen LogP contribution < -0.4 is 13.9 Å². The van der Waals surface area contributed by atoms with Gasteiger partial charge in [0.05, 0.1) is 0 Å². The van der Waals surface area contributed by atoms with Crippen molar-refractivity contribution in [2.75, 3.05) is 0 Å². The zero-order valence-corrected chi connectivity index (χ0v) is 20.6. The standard InChI is InChI=1S/C30H24O3Se/c1-21-12-14-26-28(18-21)33-29-19-23(31-16-7-17-34-24-9-3-2-4-10-24)13-15-27(29)30(26)25-11-6-5-8-22(25)20-32-30/h2-16,18-19H,17,20H2,1H3/b16-7+/t30-/m0/s1. The van der Waals surface area contributed by atoms with Gasteiger partial charge in [-0.15, -0.1) is 0 Å². The number of ether oxygens (including phenoxy) is 3. The molecule has 6 rings (SSSR count). The van der Waals surface area contributed by atoms with Crippen molar-refractivity contribution in [3.63, 3.8) is 0 Å². The number of hydrogen-bond donors (Lipinski definition) is 0. The third kappa shape index (κ3) is 3.65. The number of allylic oxidation sites excluding steroid dienone is 1. The van der Waals surface area contributed by atoms with Crippen LogP contribution in [0.4, 0.5) is 0 Å². The maximum absolute atomic E-state index is 6.61. The molecule has 1 spiro atoms. The van der Waals surface area contributed by atoms with Gasteiger partial charge >= 0.3 is 200 Å². The van der Waals surface area contributed by atoms with Gasteiger partial charge in [0, 0.05) is 0 Å². The molecule has 0 N–H and O–H groups in total. The van der Waals surface area contributed by atoms with Gasteiger partial charge in [0.15, 0.2) is 0 Å². The van der Waals surface area contributed by atoms with E-state index >= 15 is 0 Å². The van der Waals surface area contributed by atoms with Crippen LogP contribution in [0.1, 0.15) is 27.8 Å². The van der Waals surface area contributed by atoms with Crippen molar-refractivity contribution in [1.82, 2.24) is 0 Å². The van der Waals surface area contributed by atoms with E-state index in [9.17, 15) is 0 Å². The quantitative estimate of drug-likeness (QED) is 0.234. The van der Waals surface area contributed by atoms with E-state index in [1.807, 2.05) is 12.1 Å². The summed E-state index contributed by atoms with van der Waals surface area (Å²) in [6, 6.07) is 31.4. The topological polar surface area (TPSA) is 27.7 Å². The van der Waals surface area contributed by atoms with Gasteiger partial charge in [-0.2, -0.15) is 0 Å². The number of rotatable bonds is 5. The first-order valence-electron chi connectivity index (χ1n) is 11.4. The van der Waals surface area contributed by atoms with Crippen LogP contribution in [0.25, 0.3) is 0 Å². The maximum atomic E-state index is 6.61. The Balaban J connectivity index is 1.31. The third-order valence-corrected chi connectivity index (χ3v) is 8.32. The van der Waals surface area contributed by atoms with Gasteiger partial charge in [-0.05, 0) is 0 Å². The van der Waals surface area contributed by atoms with Crippen LogP contribution >= 0.6 is 0 Å². The fraction of sp³-hybridized carbons (Fsp3) is 0.133. The van der Waals surface area contributed by atoms with Crippen molar-refractivity contribution < 1.29 is 14.2 Å². The van der Waals surface area contributed by atoms with Crippen LogP contribution in [0.5, 0.6) is 17.2 Å². The molecule has 4 aromatic rings. The molecule has 2 aliphatic rings. The fourth-order valence-corrected chi connectivity index (χ4v) is 6.25. The van der Waals surface area contributed by atoms with Crippen molar-refractivity contribution in [1.29, 1.82) is 0 Å². The van der Waals surface area contributed by atoms with E-state index in [4.69, 9.17) is 14.2 Å². The van der Waals surface area contributed by atoms with Gasteiger partial charge in [-0.3, -0.25) is 0 Å². The van der Waals surface area contributed by atoms with Crippen molar-refractivity contribution in [2.45, 2.75) is 24.5 Å². The average Bonchev–Trinajstić information content (AvgIpc) is 3.24.